The maximum Gasteiger partial charge on any atom is 0.224 e. The highest BCUT2D eigenvalue weighted by Gasteiger charge is 2.06. The van der Waals surface area contributed by atoms with Crippen LogP contribution in [0.1, 0.15) is 38.0 Å². The standard InChI is InChI=1S/C15H21N3O2/c1-11-17-13-8-7-12(10-14(13)20-11)18-15(19)6-4-2-3-5-9-16/h7-8,10H,2-6,9,16H2,1H3,(H,18,19). The zero-order chi connectivity index (χ0) is 14.4. The number of unbranched alkanes of at least 4 members (excludes halogenated alkanes) is 3. The van der Waals surface area contributed by atoms with Gasteiger partial charge in [0.05, 0.1) is 0 Å². The number of oxazole rings is 1. The molecule has 5 nitrogen and oxygen atoms in total. The van der Waals surface area contributed by atoms with Gasteiger partial charge >= 0.3 is 0 Å². The van der Waals surface area contributed by atoms with E-state index in [1.165, 1.54) is 0 Å². The van der Waals surface area contributed by atoms with Crippen molar-refractivity contribution in [3.8, 4) is 0 Å². The van der Waals surface area contributed by atoms with Crippen LogP contribution in [0.5, 0.6) is 0 Å². The fourth-order valence-corrected chi connectivity index (χ4v) is 2.12. The number of nitrogens with zero attached hydrogens (tertiary/aromatic N) is 1. The van der Waals surface area contributed by atoms with Gasteiger partial charge in [-0.25, -0.2) is 4.98 Å². The third-order valence-electron chi connectivity index (χ3n) is 3.14. The summed E-state index contributed by atoms with van der Waals surface area (Å²) in [5.74, 6) is 0.664. The van der Waals surface area contributed by atoms with Crippen molar-refractivity contribution >= 4 is 22.7 Å². The van der Waals surface area contributed by atoms with Gasteiger partial charge in [0, 0.05) is 25.1 Å². The Labute approximate surface area is 118 Å². The maximum absolute atomic E-state index is 11.8. The minimum atomic E-state index is 0.0355. The third-order valence-corrected chi connectivity index (χ3v) is 3.14. The van der Waals surface area contributed by atoms with Crippen molar-refractivity contribution in [1.82, 2.24) is 4.98 Å². The van der Waals surface area contributed by atoms with E-state index in [4.69, 9.17) is 10.2 Å². The third kappa shape index (κ3) is 4.06. The average Bonchev–Trinajstić information content (AvgIpc) is 2.78. The second-order valence-electron chi connectivity index (χ2n) is 4.92. The monoisotopic (exact) mass is 275 g/mol. The van der Waals surface area contributed by atoms with Crippen LogP contribution in [-0.4, -0.2) is 17.4 Å². The van der Waals surface area contributed by atoms with Gasteiger partial charge in [-0.05, 0) is 31.5 Å². The Bertz CT molecular complexity index is 578. The first-order valence-electron chi connectivity index (χ1n) is 7.06. The largest absolute Gasteiger partial charge is 0.441 e. The average molecular weight is 275 g/mol. The molecule has 2 rings (SSSR count). The molecule has 0 aliphatic heterocycles. The van der Waals surface area contributed by atoms with E-state index in [2.05, 4.69) is 10.3 Å². The van der Waals surface area contributed by atoms with E-state index < -0.39 is 0 Å². The fraction of sp³-hybridized carbons (Fsp3) is 0.467. The van der Waals surface area contributed by atoms with Crippen LogP contribution in [0, 0.1) is 6.92 Å². The predicted molar refractivity (Wildman–Crippen MR) is 79.5 cm³/mol. The van der Waals surface area contributed by atoms with Crippen molar-refractivity contribution in [3.05, 3.63) is 24.1 Å². The number of aryl methyl sites for hydroxylation is 1. The molecule has 0 saturated carbocycles. The van der Waals surface area contributed by atoms with Crippen LogP contribution in [0.4, 0.5) is 5.69 Å². The van der Waals surface area contributed by atoms with E-state index in [-0.39, 0.29) is 5.91 Å². The molecule has 0 saturated heterocycles. The lowest BCUT2D eigenvalue weighted by Gasteiger charge is -2.04. The Morgan fingerprint density at radius 2 is 2.10 bits per heavy atom. The predicted octanol–water partition coefficient (Wildman–Crippen LogP) is 2.98. The van der Waals surface area contributed by atoms with Crippen LogP contribution in [0.2, 0.25) is 0 Å². The summed E-state index contributed by atoms with van der Waals surface area (Å²) in [6, 6.07) is 5.50. The summed E-state index contributed by atoms with van der Waals surface area (Å²) in [7, 11) is 0. The Morgan fingerprint density at radius 1 is 1.30 bits per heavy atom. The molecule has 1 aromatic heterocycles. The van der Waals surface area contributed by atoms with Gasteiger partial charge in [0.1, 0.15) is 5.52 Å². The Kier molecular flexibility index (Phi) is 5.12. The number of benzene rings is 1. The summed E-state index contributed by atoms with van der Waals surface area (Å²) in [5.41, 5.74) is 7.68. The summed E-state index contributed by atoms with van der Waals surface area (Å²) < 4.78 is 5.44. The molecule has 0 fully saturated rings. The Balaban J connectivity index is 1.83. The maximum atomic E-state index is 11.8. The van der Waals surface area contributed by atoms with Gasteiger partial charge in [0.15, 0.2) is 11.5 Å². The number of amides is 1. The number of anilines is 1. The van der Waals surface area contributed by atoms with E-state index in [1.54, 1.807) is 6.92 Å². The quantitative estimate of drug-likeness (QED) is 0.761. The van der Waals surface area contributed by atoms with Crippen LogP contribution in [0.15, 0.2) is 22.6 Å². The van der Waals surface area contributed by atoms with Crippen molar-refractivity contribution in [2.75, 3.05) is 11.9 Å². The van der Waals surface area contributed by atoms with Gasteiger partial charge in [-0.15, -0.1) is 0 Å². The molecule has 0 unspecified atom stereocenters. The molecule has 1 aromatic carbocycles. The second kappa shape index (κ2) is 7.05. The normalized spacial score (nSPS) is 10.9. The molecule has 2 aromatic rings. The number of aromatic nitrogens is 1. The van der Waals surface area contributed by atoms with Gasteiger partial charge < -0.3 is 15.5 Å². The zero-order valence-electron chi connectivity index (χ0n) is 11.8. The van der Waals surface area contributed by atoms with Crippen molar-refractivity contribution < 1.29 is 9.21 Å². The Hall–Kier alpha value is -1.88. The van der Waals surface area contributed by atoms with Gasteiger partial charge in [-0.2, -0.15) is 0 Å². The van der Waals surface area contributed by atoms with Crippen molar-refractivity contribution in [1.29, 1.82) is 0 Å². The molecular formula is C15H21N3O2. The molecule has 0 radical (unpaired) electrons. The van der Waals surface area contributed by atoms with E-state index in [0.29, 0.717) is 17.9 Å². The first-order chi connectivity index (χ1) is 9.69. The molecule has 3 N–H and O–H groups in total. The summed E-state index contributed by atoms with van der Waals surface area (Å²) >= 11 is 0. The van der Waals surface area contributed by atoms with Gasteiger partial charge in [0.25, 0.3) is 0 Å². The van der Waals surface area contributed by atoms with Crippen molar-refractivity contribution in [2.45, 2.75) is 39.0 Å². The number of carbonyl (C=O) groups is 1. The minimum Gasteiger partial charge on any atom is -0.441 e. The van der Waals surface area contributed by atoms with Crippen LogP contribution < -0.4 is 11.1 Å². The van der Waals surface area contributed by atoms with Crippen molar-refractivity contribution in [3.63, 3.8) is 0 Å². The number of nitrogens with two attached hydrogens (primary N) is 1. The first-order valence-corrected chi connectivity index (χ1v) is 7.06. The number of hydrogen-bond donors (Lipinski definition) is 2. The lowest BCUT2D eigenvalue weighted by atomic mass is 10.1. The number of hydrogen-bond acceptors (Lipinski definition) is 4. The molecule has 1 heterocycles. The highest BCUT2D eigenvalue weighted by Crippen LogP contribution is 2.20. The smallest absolute Gasteiger partial charge is 0.224 e. The molecular weight excluding hydrogens is 254 g/mol. The number of rotatable bonds is 7. The molecule has 20 heavy (non-hydrogen) atoms. The topological polar surface area (TPSA) is 81.2 Å². The minimum absolute atomic E-state index is 0.0355. The molecule has 0 bridgehead atoms. The molecule has 108 valence electrons. The van der Waals surface area contributed by atoms with Gasteiger partial charge in [-0.3, -0.25) is 4.79 Å². The molecule has 0 atom stereocenters. The lowest BCUT2D eigenvalue weighted by molar-refractivity contribution is -0.116. The Morgan fingerprint density at radius 3 is 2.90 bits per heavy atom. The fourth-order valence-electron chi connectivity index (χ4n) is 2.12. The van der Waals surface area contributed by atoms with Gasteiger partial charge in [-0.1, -0.05) is 12.8 Å². The van der Waals surface area contributed by atoms with Crippen LogP contribution in [0.25, 0.3) is 11.1 Å². The molecule has 0 aliphatic carbocycles. The lowest BCUT2D eigenvalue weighted by Crippen LogP contribution is -2.11. The summed E-state index contributed by atoms with van der Waals surface area (Å²) in [6.45, 7) is 2.53. The number of nitrogens with one attached hydrogen (secondary N) is 1. The highest BCUT2D eigenvalue weighted by atomic mass is 16.3. The molecule has 0 aliphatic rings. The summed E-state index contributed by atoms with van der Waals surface area (Å²) in [6.07, 6.45) is 4.61. The number of fused-ring (bicyclic) bond motifs is 1. The van der Waals surface area contributed by atoms with Crippen LogP contribution >= 0.6 is 0 Å². The van der Waals surface area contributed by atoms with Crippen LogP contribution in [-0.2, 0) is 4.79 Å². The van der Waals surface area contributed by atoms with Gasteiger partial charge in [0.2, 0.25) is 5.91 Å². The summed E-state index contributed by atoms with van der Waals surface area (Å²) in [5, 5.41) is 2.88. The van der Waals surface area contributed by atoms with E-state index in [0.717, 1.165) is 43.4 Å². The van der Waals surface area contributed by atoms with E-state index in [9.17, 15) is 4.79 Å². The SMILES string of the molecule is Cc1nc2ccc(NC(=O)CCCCCCN)cc2o1. The zero-order valence-corrected chi connectivity index (χ0v) is 11.8. The highest BCUT2D eigenvalue weighted by molar-refractivity contribution is 5.92. The second-order valence-corrected chi connectivity index (χ2v) is 4.92. The van der Waals surface area contributed by atoms with E-state index >= 15 is 0 Å². The van der Waals surface area contributed by atoms with Crippen molar-refractivity contribution in [2.24, 2.45) is 5.73 Å². The first kappa shape index (κ1) is 14.5. The molecule has 5 heteroatoms. The molecule has 0 spiro atoms. The number of carbonyl (C=O) groups excluding carboxylic acids is 1. The molecule has 1 amide bonds. The summed E-state index contributed by atoms with van der Waals surface area (Å²) in [4.78, 5) is 16.0. The van der Waals surface area contributed by atoms with Crippen LogP contribution in [0.3, 0.4) is 0 Å². The van der Waals surface area contributed by atoms with E-state index in [1.807, 2.05) is 18.2 Å².